The van der Waals surface area contributed by atoms with Gasteiger partial charge in [-0.2, -0.15) is 0 Å². The molecule has 3 heterocycles. The highest BCUT2D eigenvalue weighted by Crippen LogP contribution is 2.28. The van der Waals surface area contributed by atoms with E-state index < -0.39 is 0 Å². The van der Waals surface area contributed by atoms with Gasteiger partial charge in [0.2, 0.25) is 0 Å². The number of nitrogens with zero attached hydrogens (tertiary/aromatic N) is 2. The van der Waals surface area contributed by atoms with Crippen LogP contribution in [0.15, 0.2) is 63.7 Å². The Labute approximate surface area is 179 Å². The van der Waals surface area contributed by atoms with Crippen molar-refractivity contribution in [2.75, 3.05) is 0 Å². The molecule has 0 aliphatic heterocycles. The van der Waals surface area contributed by atoms with Crippen LogP contribution in [0.5, 0.6) is 0 Å². The van der Waals surface area contributed by atoms with Gasteiger partial charge in [-0.1, -0.05) is 50.2 Å². The molecule has 1 aromatic carbocycles. The second-order valence-corrected chi connectivity index (χ2v) is 9.30. The molecular formula is C23H26N3OS2+. The number of rotatable bonds is 8. The second-order valence-electron chi connectivity index (χ2n) is 7.37. The third-order valence-corrected chi connectivity index (χ3v) is 7.18. The molecule has 0 bridgehead atoms. The lowest BCUT2D eigenvalue weighted by molar-refractivity contribution is -0.725. The number of thiophene rings is 2. The zero-order valence-corrected chi connectivity index (χ0v) is 18.5. The van der Waals surface area contributed by atoms with Gasteiger partial charge in [0.15, 0.2) is 6.04 Å². The van der Waals surface area contributed by atoms with Crippen molar-refractivity contribution in [2.45, 2.75) is 45.2 Å². The Morgan fingerprint density at radius 3 is 2.31 bits per heavy atom. The minimum Gasteiger partial charge on any atom is -0.414 e. The maximum Gasteiger partial charge on any atom is 0.274 e. The van der Waals surface area contributed by atoms with E-state index in [1.807, 2.05) is 17.5 Å². The summed E-state index contributed by atoms with van der Waals surface area (Å²) in [5, 5.41) is 15.0. The Morgan fingerprint density at radius 2 is 1.66 bits per heavy atom. The van der Waals surface area contributed by atoms with Gasteiger partial charge in [0.1, 0.15) is 6.04 Å². The summed E-state index contributed by atoms with van der Waals surface area (Å²) in [6, 6.07) is 17.6. The first-order valence-electron chi connectivity index (χ1n) is 10.0. The maximum absolute atomic E-state index is 5.97. The van der Waals surface area contributed by atoms with Gasteiger partial charge in [-0.15, -0.1) is 32.9 Å². The number of benzene rings is 1. The standard InChI is InChI=1S/C23H25N3OS2/c1-4-15(2)17-9-11-18(12-10-17)21(19-7-5-13-28-19)24-16(3)22-25-26-23(27-22)20-8-6-14-29-20/h5-16,21,24H,4H2,1-3H3/p+1/t15-,16+,21+/m1/s1. The van der Waals surface area contributed by atoms with Gasteiger partial charge in [-0.05, 0) is 47.7 Å². The highest BCUT2D eigenvalue weighted by atomic mass is 32.1. The molecular weight excluding hydrogens is 398 g/mol. The molecule has 0 aliphatic rings. The molecule has 3 atom stereocenters. The quantitative estimate of drug-likeness (QED) is 0.390. The summed E-state index contributed by atoms with van der Waals surface area (Å²) in [7, 11) is 0. The van der Waals surface area contributed by atoms with Crippen LogP contribution in [0, 0.1) is 0 Å². The summed E-state index contributed by atoms with van der Waals surface area (Å²) < 4.78 is 5.97. The largest absolute Gasteiger partial charge is 0.414 e. The molecule has 0 radical (unpaired) electrons. The lowest BCUT2D eigenvalue weighted by Crippen LogP contribution is -2.85. The topological polar surface area (TPSA) is 55.5 Å². The average Bonchev–Trinajstić information content (AvgIpc) is 3.52. The minimum absolute atomic E-state index is 0.0533. The van der Waals surface area contributed by atoms with E-state index in [-0.39, 0.29) is 12.1 Å². The highest BCUT2D eigenvalue weighted by molar-refractivity contribution is 7.13. The third-order valence-electron chi connectivity index (χ3n) is 5.37. The molecule has 29 heavy (non-hydrogen) atoms. The van der Waals surface area contributed by atoms with Crippen molar-refractivity contribution in [3.05, 3.63) is 81.2 Å². The van der Waals surface area contributed by atoms with E-state index in [9.17, 15) is 0 Å². The van der Waals surface area contributed by atoms with Crippen LogP contribution in [0.3, 0.4) is 0 Å². The van der Waals surface area contributed by atoms with Gasteiger partial charge in [0, 0.05) is 5.56 Å². The molecule has 6 heteroatoms. The second kappa shape index (κ2) is 9.03. The van der Waals surface area contributed by atoms with Crippen LogP contribution in [0.4, 0.5) is 0 Å². The predicted octanol–water partition coefficient (Wildman–Crippen LogP) is 5.79. The normalized spacial score (nSPS) is 14.6. The van der Waals surface area contributed by atoms with Gasteiger partial charge in [-0.3, -0.25) is 0 Å². The molecule has 0 unspecified atom stereocenters. The lowest BCUT2D eigenvalue weighted by Gasteiger charge is -2.19. The summed E-state index contributed by atoms with van der Waals surface area (Å²) in [5.74, 6) is 1.84. The van der Waals surface area contributed by atoms with Crippen LogP contribution in [0.2, 0.25) is 0 Å². The predicted molar refractivity (Wildman–Crippen MR) is 119 cm³/mol. The molecule has 4 aromatic rings. The first-order valence-corrected chi connectivity index (χ1v) is 11.8. The fourth-order valence-electron chi connectivity index (χ4n) is 3.40. The number of hydrogen-bond acceptors (Lipinski definition) is 5. The van der Waals surface area contributed by atoms with Crippen LogP contribution in [-0.2, 0) is 0 Å². The van der Waals surface area contributed by atoms with Crippen molar-refractivity contribution in [3.63, 3.8) is 0 Å². The zero-order valence-electron chi connectivity index (χ0n) is 16.9. The fraction of sp³-hybridized carbons (Fsp3) is 0.304. The van der Waals surface area contributed by atoms with Gasteiger partial charge >= 0.3 is 0 Å². The van der Waals surface area contributed by atoms with Crippen LogP contribution in [0.1, 0.15) is 67.1 Å². The average molecular weight is 425 g/mol. The summed E-state index contributed by atoms with van der Waals surface area (Å²) in [4.78, 5) is 2.33. The highest BCUT2D eigenvalue weighted by Gasteiger charge is 2.26. The van der Waals surface area contributed by atoms with Crippen LogP contribution >= 0.6 is 22.7 Å². The molecule has 0 fully saturated rings. The van der Waals surface area contributed by atoms with Crippen molar-refractivity contribution in [2.24, 2.45) is 0 Å². The number of nitrogens with two attached hydrogens (primary N) is 1. The first-order chi connectivity index (χ1) is 14.2. The van der Waals surface area contributed by atoms with Gasteiger partial charge in [-0.25, -0.2) is 0 Å². The molecule has 0 saturated carbocycles. The van der Waals surface area contributed by atoms with Crippen molar-refractivity contribution in [1.82, 2.24) is 10.2 Å². The van der Waals surface area contributed by atoms with E-state index in [1.165, 1.54) is 16.0 Å². The van der Waals surface area contributed by atoms with Crippen molar-refractivity contribution < 1.29 is 9.73 Å². The van der Waals surface area contributed by atoms with E-state index in [4.69, 9.17) is 4.42 Å². The van der Waals surface area contributed by atoms with Crippen molar-refractivity contribution in [1.29, 1.82) is 0 Å². The molecule has 4 rings (SSSR count). The molecule has 4 nitrogen and oxygen atoms in total. The SMILES string of the molecule is CC[C@@H](C)c1ccc([C@H]([NH2+][C@@H](C)c2nnc(-c3cccs3)o2)c2cccs2)cc1. The summed E-state index contributed by atoms with van der Waals surface area (Å²) in [6.45, 7) is 6.64. The monoisotopic (exact) mass is 424 g/mol. The Morgan fingerprint density at radius 1 is 0.931 bits per heavy atom. The van der Waals surface area contributed by atoms with Gasteiger partial charge < -0.3 is 9.73 Å². The Balaban J connectivity index is 1.56. The summed E-state index contributed by atoms with van der Waals surface area (Å²) >= 11 is 3.40. The maximum atomic E-state index is 5.97. The van der Waals surface area contributed by atoms with Crippen molar-refractivity contribution >= 4 is 22.7 Å². The minimum atomic E-state index is 0.0533. The fourth-order valence-corrected chi connectivity index (χ4v) is 4.87. The number of aromatic nitrogens is 2. The first kappa shape index (κ1) is 20.0. The Kier molecular flexibility index (Phi) is 6.23. The van der Waals surface area contributed by atoms with E-state index in [2.05, 4.69) is 78.1 Å². The molecule has 2 N–H and O–H groups in total. The number of quaternary nitrogens is 1. The van der Waals surface area contributed by atoms with E-state index >= 15 is 0 Å². The molecule has 0 saturated heterocycles. The molecule has 0 amide bonds. The van der Waals surface area contributed by atoms with Crippen molar-refractivity contribution in [3.8, 4) is 10.8 Å². The molecule has 0 spiro atoms. The smallest absolute Gasteiger partial charge is 0.274 e. The lowest BCUT2D eigenvalue weighted by atomic mass is 9.95. The van der Waals surface area contributed by atoms with Gasteiger partial charge in [0.05, 0.1) is 9.75 Å². The molecule has 150 valence electrons. The van der Waals surface area contributed by atoms with Crippen LogP contribution < -0.4 is 5.32 Å². The Hall–Kier alpha value is -2.28. The zero-order chi connectivity index (χ0) is 20.2. The van der Waals surface area contributed by atoms with Crippen LogP contribution in [0.25, 0.3) is 10.8 Å². The summed E-state index contributed by atoms with van der Waals surface area (Å²) in [6.07, 6.45) is 1.15. The van der Waals surface area contributed by atoms with Crippen LogP contribution in [-0.4, -0.2) is 10.2 Å². The molecule has 3 aromatic heterocycles. The van der Waals surface area contributed by atoms with E-state index in [0.29, 0.717) is 17.7 Å². The Bertz CT molecular complexity index is 1010. The van der Waals surface area contributed by atoms with E-state index in [1.54, 1.807) is 22.7 Å². The van der Waals surface area contributed by atoms with E-state index in [0.717, 1.165) is 11.3 Å². The van der Waals surface area contributed by atoms with Gasteiger partial charge in [0.25, 0.3) is 11.8 Å². The summed E-state index contributed by atoms with van der Waals surface area (Å²) in [5.41, 5.74) is 2.69. The third kappa shape index (κ3) is 4.50. The number of hydrogen-bond donors (Lipinski definition) is 1. The molecule has 0 aliphatic carbocycles.